The van der Waals surface area contributed by atoms with E-state index >= 15 is 0 Å². The molecule has 19 heavy (non-hydrogen) atoms. The van der Waals surface area contributed by atoms with Crippen LogP contribution in [0.1, 0.15) is 19.4 Å². The molecule has 0 radical (unpaired) electrons. The quantitative estimate of drug-likeness (QED) is 0.672. The summed E-state index contributed by atoms with van der Waals surface area (Å²) >= 11 is 1.83. The lowest BCUT2D eigenvalue weighted by Crippen LogP contribution is -2.45. The van der Waals surface area contributed by atoms with Crippen LogP contribution in [-0.4, -0.2) is 39.7 Å². The Balaban J connectivity index is 2.34. The molecule has 1 saturated heterocycles. The van der Waals surface area contributed by atoms with E-state index in [1.165, 1.54) is 25.1 Å². The van der Waals surface area contributed by atoms with Gasteiger partial charge in [-0.2, -0.15) is 0 Å². The van der Waals surface area contributed by atoms with E-state index in [9.17, 15) is 19.7 Å². The molecule has 4 nitrogen and oxygen atoms in total. The van der Waals surface area contributed by atoms with Gasteiger partial charge in [0.15, 0.2) is 0 Å². The Morgan fingerprint density at radius 3 is 2.42 bits per heavy atom. The second-order valence-corrected chi connectivity index (χ2v) is 6.18. The van der Waals surface area contributed by atoms with Crippen LogP contribution in [0.2, 0.25) is 0 Å². The van der Waals surface area contributed by atoms with Crippen LogP contribution in [0.15, 0.2) is 18.2 Å². The predicted molar refractivity (Wildman–Crippen MR) is 75.0 cm³/mol. The summed E-state index contributed by atoms with van der Waals surface area (Å²) < 4.78 is 19.1. The number of benzene rings is 1. The van der Waals surface area contributed by atoms with Crippen molar-refractivity contribution in [3.8, 4) is 0 Å². The number of aliphatic hydroxyl groups is 3. The van der Waals surface area contributed by atoms with Crippen LogP contribution in [0.25, 0.3) is 0 Å². The van der Waals surface area contributed by atoms with Crippen LogP contribution in [0.5, 0.6) is 0 Å². The molecule has 0 saturated carbocycles. The highest BCUT2D eigenvalue weighted by Gasteiger charge is 2.50. The van der Waals surface area contributed by atoms with Crippen molar-refractivity contribution in [2.45, 2.75) is 43.9 Å². The minimum Gasteiger partial charge on any atom is -0.388 e. The Labute approximate surface area is 124 Å². The normalized spacial score (nSPS) is 34.3. The number of hydrogen-bond acceptors (Lipinski definition) is 4. The molecule has 2 rings (SSSR count). The zero-order chi connectivity index (χ0) is 14.4. The van der Waals surface area contributed by atoms with Gasteiger partial charge in [0.05, 0.1) is 6.10 Å². The SMILES string of the molecule is C[C@@H]1O[C@H]([C@](C)(O)c2ccc(F)c(I)c2)[C@@H](O)C1O. The van der Waals surface area contributed by atoms with E-state index in [4.69, 9.17) is 4.74 Å². The van der Waals surface area contributed by atoms with Gasteiger partial charge >= 0.3 is 0 Å². The molecule has 0 amide bonds. The van der Waals surface area contributed by atoms with Crippen molar-refractivity contribution in [1.29, 1.82) is 0 Å². The molecular formula is C13H16FIO4. The third kappa shape index (κ3) is 2.64. The molecule has 5 atom stereocenters. The highest BCUT2D eigenvalue weighted by molar-refractivity contribution is 14.1. The van der Waals surface area contributed by atoms with Gasteiger partial charge in [-0.3, -0.25) is 0 Å². The molecule has 0 aliphatic carbocycles. The van der Waals surface area contributed by atoms with Crippen molar-refractivity contribution in [3.05, 3.63) is 33.1 Å². The van der Waals surface area contributed by atoms with Crippen molar-refractivity contribution in [2.75, 3.05) is 0 Å². The predicted octanol–water partition coefficient (Wildman–Crippen LogP) is 1.15. The molecule has 1 aliphatic heterocycles. The summed E-state index contributed by atoms with van der Waals surface area (Å²) in [4.78, 5) is 0. The van der Waals surface area contributed by atoms with E-state index in [1.54, 1.807) is 6.92 Å². The summed E-state index contributed by atoms with van der Waals surface area (Å²) in [5, 5.41) is 30.2. The van der Waals surface area contributed by atoms with E-state index in [1.807, 2.05) is 22.6 Å². The Bertz CT molecular complexity index is 480. The fourth-order valence-electron chi connectivity index (χ4n) is 2.29. The van der Waals surface area contributed by atoms with Crippen molar-refractivity contribution < 1.29 is 24.4 Å². The summed E-state index contributed by atoms with van der Waals surface area (Å²) in [6.45, 7) is 3.10. The van der Waals surface area contributed by atoms with Crippen molar-refractivity contribution >= 4 is 22.6 Å². The van der Waals surface area contributed by atoms with E-state index in [0.29, 0.717) is 9.13 Å². The smallest absolute Gasteiger partial charge is 0.136 e. The first-order valence-corrected chi connectivity index (χ1v) is 7.02. The van der Waals surface area contributed by atoms with Gasteiger partial charge in [0, 0.05) is 3.57 Å². The summed E-state index contributed by atoms with van der Waals surface area (Å²) in [5.74, 6) is -0.374. The molecule has 0 spiro atoms. The monoisotopic (exact) mass is 382 g/mol. The van der Waals surface area contributed by atoms with Gasteiger partial charge in [-0.15, -0.1) is 0 Å². The van der Waals surface area contributed by atoms with Gasteiger partial charge in [-0.05, 0) is 54.1 Å². The van der Waals surface area contributed by atoms with Gasteiger partial charge in [-0.25, -0.2) is 4.39 Å². The van der Waals surface area contributed by atoms with E-state index in [2.05, 4.69) is 0 Å². The maximum absolute atomic E-state index is 13.3. The number of hydrogen-bond donors (Lipinski definition) is 3. The lowest BCUT2D eigenvalue weighted by Gasteiger charge is -2.32. The zero-order valence-corrected chi connectivity index (χ0v) is 12.7. The number of rotatable bonds is 2. The van der Waals surface area contributed by atoms with Gasteiger partial charge in [0.25, 0.3) is 0 Å². The molecule has 1 unspecified atom stereocenters. The second-order valence-electron chi connectivity index (χ2n) is 5.02. The lowest BCUT2D eigenvalue weighted by atomic mass is 9.86. The molecule has 1 fully saturated rings. The van der Waals surface area contributed by atoms with Crippen LogP contribution in [0.3, 0.4) is 0 Å². The lowest BCUT2D eigenvalue weighted by molar-refractivity contribution is -0.122. The third-order valence-corrected chi connectivity index (χ3v) is 4.39. The largest absolute Gasteiger partial charge is 0.388 e. The number of aliphatic hydroxyl groups excluding tert-OH is 2. The second kappa shape index (κ2) is 5.25. The van der Waals surface area contributed by atoms with E-state index in [-0.39, 0.29) is 5.82 Å². The zero-order valence-electron chi connectivity index (χ0n) is 10.5. The maximum Gasteiger partial charge on any atom is 0.136 e. The molecule has 1 aliphatic rings. The van der Waals surface area contributed by atoms with Crippen LogP contribution in [-0.2, 0) is 10.3 Å². The summed E-state index contributed by atoms with van der Waals surface area (Å²) in [5.41, 5.74) is -1.08. The molecule has 0 aromatic heterocycles. The van der Waals surface area contributed by atoms with Gasteiger partial charge in [-0.1, -0.05) is 6.07 Å². The Hall–Kier alpha value is -0.280. The fraction of sp³-hybridized carbons (Fsp3) is 0.538. The first-order valence-electron chi connectivity index (χ1n) is 5.94. The highest BCUT2D eigenvalue weighted by atomic mass is 127. The molecule has 106 valence electrons. The van der Waals surface area contributed by atoms with Crippen molar-refractivity contribution in [3.63, 3.8) is 0 Å². The first-order chi connectivity index (χ1) is 8.75. The average molecular weight is 382 g/mol. The summed E-state index contributed by atoms with van der Waals surface area (Å²) in [6.07, 6.45) is -3.76. The topological polar surface area (TPSA) is 69.9 Å². The van der Waals surface area contributed by atoms with Gasteiger partial charge in [0.2, 0.25) is 0 Å². The summed E-state index contributed by atoms with van der Waals surface area (Å²) in [7, 11) is 0. The van der Waals surface area contributed by atoms with Crippen LogP contribution in [0, 0.1) is 9.39 Å². The van der Waals surface area contributed by atoms with Crippen LogP contribution < -0.4 is 0 Å². The van der Waals surface area contributed by atoms with E-state index < -0.39 is 30.0 Å². The Morgan fingerprint density at radius 1 is 1.32 bits per heavy atom. The number of ether oxygens (including phenoxy) is 1. The minimum atomic E-state index is -1.52. The van der Waals surface area contributed by atoms with Gasteiger partial charge in [0.1, 0.15) is 29.7 Å². The molecule has 1 heterocycles. The van der Waals surface area contributed by atoms with Crippen LogP contribution >= 0.6 is 22.6 Å². The Morgan fingerprint density at radius 2 is 1.95 bits per heavy atom. The highest BCUT2D eigenvalue weighted by Crippen LogP contribution is 2.36. The molecule has 1 aromatic carbocycles. The van der Waals surface area contributed by atoms with Crippen molar-refractivity contribution in [2.24, 2.45) is 0 Å². The van der Waals surface area contributed by atoms with Crippen molar-refractivity contribution in [1.82, 2.24) is 0 Å². The molecule has 0 bridgehead atoms. The number of halogens is 2. The average Bonchev–Trinajstić information content (AvgIpc) is 2.61. The standard InChI is InChI=1S/C13H16FIO4/c1-6-10(16)11(17)12(19-6)13(2,18)7-3-4-8(14)9(15)5-7/h3-6,10-12,16-18H,1-2H3/t6-,10?,11-,12-,13+/m0/s1. The summed E-state index contributed by atoms with van der Waals surface area (Å²) in [6, 6.07) is 4.21. The van der Waals surface area contributed by atoms with Gasteiger partial charge < -0.3 is 20.1 Å². The van der Waals surface area contributed by atoms with E-state index in [0.717, 1.165) is 0 Å². The Kier molecular flexibility index (Phi) is 4.18. The first kappa shape index (κ1) is 15.1. The molecule has 3 N–H and O–H groups in total. The minimum absolute atomic E-state index is 0.372. The fourth-order valence-corrected chi connectivity index (χ4v) is 2.80. The molecular weight excluding hydrogens is 366 g/mol. The third-order valence-electron chi connectivity index (χ3n) is 3.56. The maximum atomic E-state index is 13.3. The molecule has 1 aromatic rings. The van der Waals surface area contributed by atoms with Crippen LogP contribution in [0.4, 0.5) is 4.39 Å². The molecule has 6 heteroatoms.